The molecule has 0 aliphatic heterocycles. The second-order valence-corrected chi connectivity index (χ2v) is 5.88. The average Bonchev–Trinajstić information content (AvgIpc) is 2.91. The Kier molecular flexibility index (Phi) is 6.37. The van der Waals surface area contributed by atoms with Crippen LogP contribution in [0, 0.1) is 6.92 Å². The maximum Gasteiger partial charge on any atom is 0.240 e. The van der Waals surface area contributed by atoms with Gasteiger partial charge in [0.2, 0.25) is 17.7 Å². The molecule has 25 heavy (non-hydrogen) atoms. The molecule has 2 rings (SSSR count). The van der Waals surface area contributed by atoms with Gasteiger partial charge in [-0.1, -0.05) is 16.8 Å². The number of carbonyl (C=O) groups is 2. The second-order valence-electron chi connectivity index (χ2n) is 5.45. The summed E-state index contributed by atoms with van der Waals surface area (Å²) in [5, 5.41) is 9.43. The number of amides is 2. The van der Waals surface area contributed by atoms with Crippen LogP contribution in [-0.2, 0) is 9.59 Å². The van der Waals surface area contributed by atoms with E-state index in [-0.39, 0.29) is 30.8 Å². The molecule has 2 N–H and O–H groups in total. The molecule has 0 bridgehead atoms. The van der Waals surface area contributed by atoms with E-state index >= 15 is 0 Å². The minimum atomic E-state index is -0.313. The van der Waals surface area contributed by atoms with Crippen LogP contribution in [-0.4, -0.2) is 49.1 Å². The SMILES string of the molecule is COc1ccc(Cl)cc1NC(=O)CN(C)CC(=O)Nc1cc(C)no1. The van der Waals surface area contributed by atoms with Gasteiger partial charge >= 0.3 is 0 Å². The van der Waals surface area contributed by atoms with E-state index in [0.717, 1.165) is 0 Å². The zero-order chi connectivity index (χ0) is 18.4. The lowest BCUT2D eigenvalue weighted by atomic mass is 10.3. The first-order chi connectivity index (χ1) is 11.9. The normalized spacial score (nSPS) is 10.6. The molecule has 2 amide bonds. The van der Waals surface area contributed by atoms with Crippen LogP contribution in [0.5, 0.6) is 5.75 Å². The summed E-state index contributed by atoms with van der Waals surface area (Å²) in [5.41, 5.74) is 1.13. The molecule has 2 aromatic rings. The molecule has 1 aromatic heterocycles. The minimum absolute atomic E-state index is 0.0124. The number of nitrogens with zero attached hydrogens (tertiary/aromatic N) is 2. The molecule has 0 unspecified atom stereocenters. The second kappa shape index (κ2) is 8.50. The molecule has 0 saturated carbocycles. The summed E-state index contributed by atoms with van der Waals surface area (Å²) in [5.74, 6) is 0.154. The number of nitrogens with one attached hydrogen (secondary N) is 2. The fraction of sp³-hybridized carbons (Fsp3) is 0.312. The van der Waals surface area contributed by atoms with E-state index in [2.05, 4.69) is 15.8 Å². The van der Waals surface area contributed by atoms with Crippen LogP contribution in [0.2, 0.25) is 5.02 Å². The number of ether oxygens (including phenoxy) is 1. The standard InChI is InChI=1S/C16H19ClN4O4/c1-10-6-16(25-20-10)19-15(23)9-21(2)8-14(22)18-12-7-11(17)4-5-13(12)24-3/h4-7H,8-9H2,1-3H3,(H,18,22)(H,19,23). The van der Waals surface area contributed by atoms with Gasteiger partial charge in [0.05, 0.1) is 31.6 Å². The lowest BCUT2D eigenvalue weighted by molar-refractivity contribution is -0.119. The van der Waals surface area contributed by atoms with E-state index in [9.17, 15) is 9.59 Å². The van der Waals surface area contributed by atoms with Gasteiger partial charge in [-0.25, -0.2) is 0 Å². The predicted molar refractivity (Wildman–Crippen MR) is 94.0 cm³/mol. The van der Waals surface area contributed by atoms with Crippen molar-refractivity contribution in [3.05, 3.63) is 35.0 Å². The summed E-state index contributed by atoms with van der Waals surface area (Å²) < 4.78 is 10.1. The number of aryl methyl sites for hydroxylation is 1. The Balaban J connectivity index is 1.85. The number of halogens is 1. The molecule has 0 fully saturated rings. The van der Waals surface area contributed by atoms with Gasteiger partial charge in [-0.2, -0.15) is 0 Å². The fourth-order valence-electron chi connectivity index (χ4n) is 2.11. The molecule has 0 spiro atoms. The van der Waals surface area contributed by atoms with Crippen LogP contribution in [0.1, 0.15) is 5.69 Å². The van der Waals surface area contributed by atoms with E-state index in [1.807, 2.05) is 0 Å². The van der Waals surface area contributed by atoms with Crippen molar-refractivity contribution in [3.8, 4) is 5.75 Å². The lowest BCUT2D eigenvalue weighted by Crippen LogP contribution is -2.36. The monoisotopic (exact) mass is 366 g/mol. The molecule has 0 aliphatic carbocycles. The minimum Gasteiger partial charge on any atom is -0.495 e. The number of rotatable bonds is 7. The van der Waals surface area contributed by atoms with Crippen molar-refractivity contribution in [3.63, 3.8) is 0 Å². The Hall–Kier alpha value is -2.58. The number of hydrogen-bond donors (Lipinski definition) is 2. The van der Waals surface area contributed by atoms with Crippen molar-refractivity contribution in [2.24, 2.45) is 0 Å². The molecular weight excluding hydrogens is 348 g/mol. The van der Waals surface area contributed by atoms with Crippen LogP contribution >= 0.6 is 11.6 Å². The Morgan fingerprint density at radius 2 is 1.92 bits per heavy atom. The fourth-order valence-corrected chi connectivity index (χ4v) is 2.29. The summed E-state index contributed by atoms with van der Waals surface area (Å²) in [4.78, 5) is 25.6. The number of hydrogen-bond acceptors (Lipinski definition) is 6. The number of anilines is 2. The van der Waals surface area contributed by atoms with Crippen molar-refractivity contribution in [2.45, 2.75) is 6.92 Å². The molecule has 0 saturated heterocycles. The van der Waals surface area contributed by atoms with Gasteiger partial charge in [0.15, 0.2) is 0 Å². The zero-order valence-corrected chi connectivity index (χ0v) is 14.9. The van der Waals surface area contributed by atoms with Crippen LogP contribution < -0.4 is 15.4 Å². The van der Waals surface area contributed by atoms with Crippen LogP contribution in [0.25, 0.3) is 0 Å². The Bertz CT molecular complexity index is 762. The first-order valence-electron chi connectivity index (χ1n) is 7.42. The summed E-state index contributed by atoms with van der Waals surface area (Å²) >= 11 is 5.93. The Labute approximate surface area is 150 Å². The van der Waals surface area contributed by atoms with Crippen molar-refractivity contribution in [1.29, 1.82) is 0 Å². The first kappa shape index (κ1) is 18.8. The molecule has 134 valence electrons. The highest BCUT2D eigenvalue weighted by Gasteiger charge is 2.14. The molecule has 8 nitrogen and oxygen atoms in total. The number of carbonyl (C=O) groups excluding carboxylic acids is 2. The third kappa shape index (κ3) is 5.77. The zero-order valence-electron chi connectivity index (χ0n) is 14.1. The van der Waals surface area contributed by atoms with E-state index in [0.29, 0.717) is 22.2 Å². The molecule has 1 heterocycles. The van der Waals surface area contributed by atoms with Crippen molar-refractivity contribution in [1.82, 2.24) is 10.1 Å². The Morgan fingerprint density at radius 3 is 2.52 bits per heavy atom. The summed E-state index contributed by atoms with van der Waals surface area (Å²) in [6, 6.07) is 6.53. The van der Waals surface area contributed by atoms with Gasteiger partial charge in [0.1, 0.15) is 5.75 Å². The maximum absolute atomic E-state index is 12.1. The van der Waals surface area contributed by atoms with Crippen LogP contribution in [0.3, 0.4) is 0 Å². The quantitative estimate of drug-likeness (QED) is 0.779. The molecule has 0 aliphatic rings. The number of methoxy groups -OCH3 is 1. The predicted octanol–water partition coefficient (Wildman–Crippen LogP) is 2.15. The number of benzene rings is 1. The van der Waals surface area contributed by atoms with Crippen molar-refractivity contribution in [2.75, 3.05) is 37.9 Å². The average molecular weight is 367 g/mol. The van der Waals surface area contributed by atoms with E-state index in [4.69, 9.17) is 20.9 Å². The molecule has 9 heteroatoms. The maximum atomic E-state index is 12.1. The highest BCUT2D eigenvalue weighted by Crippen LogP contribution is 2.27. The van der Waals surface area contributed by atoms with Gasteiger partial charge in [-0.05, 0) is 32.2 Å². The van der Waals surface area contributed by atoms with Gasteiger partial charge < -0.3 is 14.6 Å². The first-order valence-corrected chi connectivity index (χ1v) is 7.80. The summed E-state index contributed by atoms with van der Waals surface area (Å²) in [7, 11) is 3.15. The largest absolute Gasteiger partial charge is 0.495 e. The third-order valence-electron chi connectivity index (χ3n) is 3.15. The topological polar surface area (TPSA) is 96.7 Å². The van der Waals surface area contributed by atoms with Gasteiger partial charge in [-0.15, -0.1) is 0 Å². The Morgan fingerprint density at radius 1 is 1.24 bits per heavy atom. The number of likely N-dealkylation sites (N-methyl/N-ethyl adjacent to an activating group) is 1. The highest BCUT2D eigenvalue weighted by atomic mass is 35.5. The smallest absolute Gasteiger partial charge is 0.240 e. The van der Waals surface area contributed by atoms with Crippen molar-refractivity contribution < 1.29 is 18.8 Å². The lowest BCUT2D eigenvalue weighted by Gasteiger charge is -2.16. The van der Waals surface area contributed by atoms with E-state index in [1.165, 1.54) is 7.11 Å². The third-order valence-corrected chi connectivity index (χ3v) is 3.39. The molecule has 1 aromatic carbocycles. The van der Waals surface area contributed by atoms with Gasteiger partial charge in [-0.3, -0.25) is 19.8 Å². The van der Waals surface area contributed by atoms with Crippen LogP contribution in [0.4, 0.5) is 11.6 Å². The highest BCUT2D eigenvalue weighted by molar-refractivity contribution is 6.31. The number of aromatic nitrogens is 1. The molecular formula is C16H19ClN4O4. The van der Waals surface area contributed by atoms with Gasteiger partial charge in [0, 0.05) is 11.1 Å². The van der Waals surface area contributed by atoms with E-state index in [1.54, 1.807) is 43.1 Å². The van der Waals surface area contributed by atoms with E-state index < -0.39 is 0 Å². The molecule has 0 radical (unpaired) electrons. The summed E-state index contributed by atoms with van der Waals surface area (Å²) in [6.07, 6.45) is 0. The van der Waals surface area contributed by atoms with Crippen molar-refractivity contribution >= 4 is 35.0 Å². The van der Waals surface area contributed by atoms with Crippen LogP contribution in [0.15, 0.2) is 28.8 Å². The van der Waals surface area contributed by atoms with Gasteiger partial charge in [0.25, 0.3) is 0 Å². The molecule has 0 atom stereocenters. The summed E-state index contributed by atoms with van der Waals surface area (Å²) in [6.45, 7) is 1.78.